The van der Waals surface area contributed by atoms with Gasteiger partial charge in [0.25, 0.3) is 5.91 Å². The second-order valence-corrected chi connectivity index (χ2v) is 10.5. The van der Waals surface area contributed by atoms with Crippen LogP contribution in [0.4, 0.5) is 26.3 Å². The van der Waals surface area contributed by atoms with Gasteiger partial charge in [0.05, 0.1) is 29.5 Å². The van der Waals surface area contributed by atoms with Crippen molar-refractivity contribution in [3.05, 3.63) is 29.7 Å². The van der Waals surface area contributed by atoms with Crippen molar-refractivity contribution in [3.8, 4) is 0 Å². The summed E-state index contributed by atoms with van der Waals surface area (Å²) in [5.74, 6) is -6.94. The fourth-order valence-electron chi connectivity index (χ4n) is 5.21. The van der Waals surface area contributed by atoms with Crippen LogP contribution in [0.2, 0.25) is 0 Å². The van der Waals surface area contributed by atoms with Gasteiger partial charge in [-0.1, -0.05) is 0 Å². The lowest BCUT2D eigenvalue weighted by Gasteiger charge is -2.33. The van der Waals surface area contributed by atoms with Crippen LogP contribution in [0, 0.1) is 17.8 Å². The van der Waals surface area contributed by atoms with Crippen molar-refractivity contribution >= 4 is 17.5 Å². The fourth-order valence-corrected chi connectivity index (χ4v) is 5.21. The molecule has 3 fully saturated rings. The molecule has 3 atom stereocenters. The summed E-state index contributed by atoms with van der Waals surface area (Å²) in [7, 11) is 0. The number of hydrogen-bond acceptors (Lipinski definition) is 4. The van der Waals surface area contributed by atoms with Gasteiger partial charge in [0, 0.05) is 31.7 Å². The molecular formula is C24H27F6N5O2. The van der Waals surface area contributed by atoms with Crippen LogP contribution in [0.15, 0.2) is 18.3 Å². The van der Waals surface area contributed by atoms with Crippen LogP contribution in [0.25, 0.3) is 5.65 Å². The number of rotatable bonds is 6. The number of aromatic nitrogens is 3. The van der Waals surface area contributed by atoms with Crippen molar-refractivity contribution in [2.24, 2.45) is 17.8 Å². The molecule has 2 N–H and O–H groups in total. The molecule has 2 aliphatic carbocycles. The van der Waals surface area contributed by atoms with E-state index in [-0.39, 0.29) is 57.3 Å². The second kappa shape index (κ2) is 9.16. The van der Waals surface area contributed by atoms with Crippen molar-refractivity contribution in [2.45, 2.75) is 75.2 Å². The van der Waals surface area contributed by atoms with Gasteiger partial charge < -0.3 is 10.6 Å². The molecule has 0 aromatic carbocycles. The molecule has 7 nitrogen and oxygen atoms in total. The predicted molar refractivity (Wildman–Crippen MR) is 118 cm³/mol. The Kier molecular flexibility index (Phi) is 6.38. The molecule has 3 heterocycles. The highest BCUT2D eigenvalue weighted by Gasteiger charge is 2.52. The maximum Gasteiger partial charge on any atom is 0.393 e. The topological polar surface area (TPSA) is 88.4 Å². The van der Waals surface area contributed by atoms with E-state index in [1.807, 2.05) is 0 Å². The average Bonchev–Trinajstić information content (AvgIpc) is 3.44. The van der Waals surface area contributed by atoms with E-state index in [0.29, 0.717) is 17.0 Å². The Hall–Kier alpha value is -2.86. The van der Waals surface area contributed by atoms with E-state index in [1.165, 1.54) is 10.7 Å². The molecule has 13 heteroatoms. The van der Waals surface area contributed by atoms with E-state index >= 15 is 0 Å². The minimum absolute atomic E-state index is 0.00981. The normalized spacial score (nSPS) is 26.5. The first-order valence-corrected chi connectivity index (χ1v) is 12.4. The SMILES string of the molecule is O=C1NC[C@H](C(F)(F)F)CC1Cc1ccc2nc([C@@H](NC(=O)C3(F)CC3)C3CCC(F)(F)CC3)cn2n1. The maximum absolute atomic E-state index is 14.4. The zero-order valence-electron chi connectivity index (χ0n) is 19.8. The molecule has 37 heavy (non-hydrogen) atoms. The Balaban J connectivity index is 1.37. The van der Waals surface area contributed by atoms with Crippen LogP contribution in [0.3, 0.4) is 0 Å². The van der Waals surface area contributed by atoms with Crippen LogP contribution in [-0.4, -0.2) is 50.7 Å². The number of alkyl halides is 6. The quantitative estimate of drug-likeness (QED) is 0.551. The molecule has 202 valence electrons. The van der Waals surface area contributed by atoms with Gasteiger partial charge in [0.15, 0.2) is 11.3 Å². The van der Waals surface area contributed by atoms with Crippen molar-refractivity contribution in [1.82, 2.24) is 25.2 Å². The average molecular weight is 532 g/mol. The molecule has 3 aliphatic rings. The van der Waals surface area contributed by atoms with E-state index in [2.05, 4.69) is 20.7 Å². The van der Waals surface area contributed by atoms with E-state index in [0.717, 1.165) is 0 Å². The molecule has 0 radical (unpaired) electrons. The van der Waals surface area contributed by atoms with Crippen LogP contribution in [0.1, 0.15) is 62.4 Å². The molecule has 1 unspecified atom stereocenters. The van der Waals surface area contributed by atoms with Gasteiger partial charge in [-0.25, -0.2) is 22.7 Å². The van der Waals surface area contributed by atoms with E-state index < -0.39 is 54.0 Å². The number of piperidine rings is 1. The van der Waals surface area contributed by atoms with Crippen LogP contribution >= 0.6 is 0 Å². The molecule has 1 saturated heterocycles. The summed E-state index contributed by atoms with van der Waals surface area (Å²) < 4.78 is 82.8. The van der Waals surface area contributed by atoms with E-state index in [1.54, 1.807) is 12.1 Å². The summed E-state index contributed by atoms with van der Waals surface area (Å²) in [6, 6.07) is 2.35. The number of nitrogens with one attached hydrogen (secondary N) is 2. The summed E-state index contributed by atoms with van der Waals surface area (Å²) in [6.45, 7) is -0.448. The number of halogens is 6. The number of nitrogens with zero attached hydrogens (tertiary/aromatic N) is 3. The Morgan fingerprint density at radius 3 is 2.51 bits per heavy atom. The van der Waals surface area contributed by atoms with Crippen molar-refractivity contribution in [3.63, 3.8) is 0 Å². The first-order chi connectivity index (χ1) is 17.3. The lowest BCUT2D eigenvalue weighted by Crippen LogP contribution is -2.47. The largest absolute Gasteiger partial charge is 0.393 e. The third-order valence-electron chi connectivity index (χ3n) is 7.71. The molecule has 1 aliphatic heterocycles. The lowest BCUT2D eigenvalue weighted by molar-refractivity contribution is -0.183. The number of carbonyl (C=O) groups excluding carboxylic acids is 2. The van der Waals surface area contributed by atoms with E-state index in [9.17, 15) is 35.9 Å². The zero-order valence-corrected chi connectivity index (χ0v) is 19.8. The number of amides is 2. The molecule has 2 saturated carbocycles. The van der Waals surface area contributed by atoms with E-state index in [4.69, 9.17) is 0 Å². The fraction of sp³-hybridized carbons (Fsp3) is 0.667. The van der Waals surface area contributed by atoms with Crippen LogP contribution in [0.5, 0.6) is 0 Å². The minimum Gasteiger partial charge on any atom is -0.355 e. The predicted octanol–water partition coefficient (Wildman–Crippen LogP) is 4.07. The Labute approximate surface area is 208 Å². The molecular weight excluding hydrogens is 504 g/mol. The summed E-state index contributed by atoms with van der Waals surface area (Å²) in [4.78, 5) is 29.2. The van der Waals surface area contributed by atoms with Gasteiger partial charge in [-0.05, 0) is 50.2 Å². The summed E-state index contributed by atoms with van der Waals surface area (Å²) in [5, 5.41) is 9.38. The van der Waals surface area contributed by atoms with Gasteiger partial charge in [-0.3, -0.25) is 9.59 Å². The highest BCUT2D eigenvalue weighted by atomic mass is 19.4. The molecule has 0 spiro atoms. The third kappa shape index (κ3) is 5.54. The standard InChI is InChI=1S/C24H27F6N5O2/c25-22(7-8-22)21(37)33-19(13-3-5-23(26,27)6-4-13)17-12-35-18(32-17)2-1-16(34-35)10-14-9-15(24(28,29)30)11-31-20(14)36/h1-2,12-15,19H,3-11H2,(H,31,36)(H,33,37)/t14?,15-,19+/m1/s1. The lowest BCUT2D eigenvalue weighted by atomic mass is 9.81. The second-order valence-electron chi connectivity index (χ2n) is 10.5. The van der Waals surface area contributed by atoms with Gasteiger partial charge in [0.1, 0.15) is 0 Å². The smallest absolute Gasteiger partial charge is 0.355 e. The van der Waals surface area contributed by atoms with Crippen LogP contribution < -0.4 is 10.6 Å². The number of hydrogen-bond donors (Lipinski definition) is 2. The summed E-state index contributed by atoms with van der Waals surface area (Å²) >= 11 is 0. The Morgan fingerprint density at radius 2 is 1.86 bits per heavy atom. The first kappa shape index (κ1) is 25.8. The van der Waals surface area contributed by atoms with Gasteiger partial charge in [-0.2, -0.15) is 18.3 Å². The van der Waals surface area contributed by atoms with Crippen molar-refractivity contribution in [2.75, 3.05) is 6.54 Å². The number of carbonyl (C=O) groups is 2. The molecule has 5 rings (SSSR count). The maximum atomic E-state index is 14.4. The van der Waals surface area contributed by atoms with Crippen molar-refractivity contribution < 1.29 is 35.9 Å². The molecule has 0 bridgehead atoms. The summed E-state index contributed by atoms with van der Waals surface area (Å²) in [5.41, 5.74) is -0.874. The number of imidazole rings is 1. The first-order valence-electron chi connectivity index (χ1n) is 12.4. The van der Waals surface area contributed by atoms with Gasteiger partial charge >= 0.3 is 6.18 Å². The zero-order chi connectivity index (χ0) is 26.6. The Bertz CT molecular complexity index is 1180. The Morgan fingerprint density at radius 1 is 1.16 bits per heavy atom. The summed E-state index contributed by atoms with van der Waals surface area (Å²) in [6.07, 6.45) is -3.48. The molecule has 2 aromatic rings. The minimum atomic E-state index is -4.41. The molecule has 2 aromatic heterocycles. The number of fused-ring (bicyclic) bond motifs is 1. The van der Waals surface area contributed by atoms with Gasteiger partial charge in [0.2, 0.25) is 11.8 Å². The monoisotopic (exact) mass is 531 g/mol. The van der Waals surface area contributed by atoms with Crippen molar-refractivity contribution in [1.29, 1.82) is 0 Å². The highest BCUT2D eigenvalue weighted by Crippen LogP contribution is 2.44. The molecule has 2 amide bonds. The van der Waals surface area contributed by atoms with Crippen LogP contribution in [-0.2, 0) is 16.0 Å². The third-order valence-corrected chi connectivity index (χ3v) is 7.71. The van der Waals surface area contributed by atoms with Gasteiger partial charge in [-0.15, -0.1) is 0 Å². The highest BCUT2D eigenvalue weighted by molar-refractivity contribution is 5.88.